The fourth-order valence-electron chi connectivity index (χ4n) is 1.48. The molecule has 0 bridgehead atoms. The van der Waals surface area contributed by atoms with Crippen molar-refractivity contribution >= 4 is 22.9 Å². The number of aromatic nitrogens is 1. The molecule has 2 rings (SSSR count). The van der Waals surface area contributed by atoms with Gasteiger partial charge in [0.1, 0.15) is 0 Å². The summed E-state index contributed by atoms with van der Waals surface area (Å²) in [5.74, 6) is 5.57. The van der Waals surface area contributed by atoms with Crippen LogP contribution >= 0.6 is 22.9 Å². The highest BCUT2D eigenvalue weighted by Crippen LogP contribution is 2.32. The number of nitrogens with two attached hydrogens (primary N) is 1. The van der Waals surface area contributed by atoms with Crippen molar-refractivity contribution < 1.29 is 0 Å². The minimum Gasteiger partial charge on any atom is -0.271 e. The van der Waals surface area contributed by atoms with Gasteiger partial charge in [0.25, 0.3) is 0 Å². The number of rotatable bonds is 3. The fourth-order valence-corrected chi connectivity index (χ4v) is 2.74. The summed E-state index contributed by atoms with van der Waals surface area (Å²) in [4.78, 5) is 5.26. The largest absolute Gasteiger partial charge is 0.271 e. The Kier molecular flexibility index (Phi) is 3.56. The van der Waals surface area contributed by atoms with Gasteiger partial charge in [-0.1, -0.05) is 17.7 Å². The van der Waals surface area contributed by atoms with Gasteiger partial charge in [0.05, 0.1) is 11.1 Å². The second-order valence-corrected chi connectivity index (χ2v) is 4.82. The van der Waals surface area contributed by atoms with Gasteiger partial charge in [0.2, 0.25) is 0 Å². The van der Waals surface area contributed by atoms with Crippen LogP contribution in [0, 0.1) is 6.92 Å². The van der Waals surface area contributed by atoms with Crippen LogP contribution in [0.1, 0.15) is 22.2 Å². The predicted molar refractivity (Wildman–Crippen MR) is 67.5 cm³/mol. The molecule has 2 heterocycles. The van der Waals surface area contributed by atoms with Crippen LogP contribution in [0.5, 0.6) is 0 Å². The number of aryl methyl sites for hydroxylation is 1. The topological polar surface area (TPSA) is 50.9 Å². The van der Waals surface area contributed by atoms with Crippen molar-refractivity contribution in [1.82, 2.24) is 10.4 Å². The smallest absolute Gasteiger partial charge is 0.0832 e. The molecule has 1 atom stereocenters. The van der Waals surface area contributed by atoms with Crippen LogP contribution in [0.15, 0.2) is 29.8 Å². The summed E-state index contributed by atoms with van der Waals surface area (Å²) in [6, 6.07) is 5.73. The average molecular weight is 254 g/mol. The van der Waals surface area contributed by atoms with Crippen LogP contribution in [0.3, 0.4) is 0 Å². The molecule has 0 saturated heterocycles. The molecule has 2 aromatic rings. The lowest BCUT2D eigenvalue weighted by atomic mass is 10.1. The van der Waals surface area contributed by atoms with Gasteiger partial charge in [-0.05, 0) is 30.0 Å². The number of nitrogens with one attached hydrogen (secondary N) is 1. The summed E-state index contributed by atoms with van der Waals surface area (Å²) in [6.07, 6.45) is 1.82. The third-order valence-corrected chi connectivity index (χ3v) is 3.76. The van der Waals surface area contributed by atoms with Crippen molar-refractivity contribution in [2.24, 2.45) is 5.84 Å². The van der Waals surface area contributed by atoms with E-state index in [-0.39, 0.29) is 6.04 Å². The minimum absolute atomic E-state index is 0.0967. The molecule has 2 aromatic heterocycles. The van der Waals surface area contributed by atoms with Gasteiger partial charge in [-0.2, -0.15) is 0 Å². The van der Waals surface area contributed by atoms with Gasteiger partial charge in [0.15, 0.2) is 0 Å². The predicted octanol–water partition coefficient (Wildman–Crippen LogP) is 2.66. The van der Waals surface area contributed by atoms with Crippen LogP contribution in [0.2, 0.25) is 5.02 Å². The van der Waals surface area contributed by atoms with E-state index in [1.165, 1.54) is 0 Å². The third kappa shape index (κ3) is 2.25. The summed E-state index contributed by atoms with van der Waals surface area (Å²) in [6.45, 7) is 1.95. The molecule has 3 N–H and O–H groups in total. The molecule has 0 amide bonds. The molecule has 0 spiro atoms. The molecular weight excluding hydrogens is 242 g/mol. The number of halogens is 1. The molecule has 16 heavy (non-hydrogen) atoms. The summed E-state index contributed by atoms with van der Waals surface area (Å²) >= 11 is 7.67. The number of hydrogen-bond donors (Lipinski definition) is 2. The normalized spacial score (nSPS) is 12.7. The molecule has 0 saturated carbocycles. The first kappa shape index (κ1) is 11.5. The Labute approximate surface area is 103 Å². The highest BCUT2D eigenvalue weighted by Gasteiger charge is 2.16. The lowest BCUT2D eigenvalue weighted by Gasteiger charge is -2.15. The van der Waals surface area contributed by atoms with Crippen molar-refractivity contribution in [2.75, 3.05) is 0 Å². The molecule has 3 nitrogen and oxygen atoms in total. The Bertz CT molecular complexity index is 466. The number of hydrazine groups is 1. The maximum Gasteiger partial charge on any atom is 0.0832 e. The highest BCUT2D eigenvalue weighted by molar-refractivity contribution is 7.10. The van der Waals surface area contributed by atoms with Crippen molar-refractivity contribution in [1.29, 1.82) is 0 Å². The molecule has 5 heteroatoms. The van der Waals surface area contributed by atoms with Gasteiger partial charge < -0.3 is 0 Å². The van der Waals surface area contributed by atoms with Crippen LogP contribution in [-0.2, 0) is 0 Å². The molecule has 0 aliphatic carbocycles. The molecule has 0 aliphatic rings. The van der Waals surface area contributed by atoms with E-state index in [1.54, 1.807) is 11.3 Å². The molecule has 0 aromatic carbocycles. The fraction of sp³-hybridized carbons (Fsp3) is 0.182. The van der Waals surface area contributed by atoms with E-state index in [9.17, 15) is 0 Å². The van der Waals surface area contributed by atoms with Crippen LogP contribution in [0.4, 0.5) is 0 Å². The molecule has 0 fully saturated rings. The Hall–Kier alpha value is -0.940. The average Bonchev–Trinajstić information content (AvgIpc) is 2.69. The van der Waals surface area contributed by atoms with Crippen LogP contribution in [-0.4, -0.2) is 4.98 Å². The van der Waals surface area contributed by atoms with Crippen LogP contribution < -0.4 is 11.3 Å². The second kappa shape index (κ2) is 4.93. The highest BCUT2D eigenvalue weighted by atomic mass is 35.5. The number of pyridine rings is 1. The first-order valence-electron chi connectivity index (χ1n) is 4.84. The van der Waals surface area contributed by atoms with E-state index in [0.717, 1.165) is 21.2 Å². The first-order valence-corrected chi connectivity index (χ1v) is 6.09. The van der Waals surface area contributed by atoms with Crippen molar-refractivity contribution in [3.63, 3.8) is 0 Å². The SMILES string of the molecule is Cc1ccc(C(NN)c2sccc2Cl)cn1. The Morgan fingerprint density at radius 1 is 1.44 bits per heavy atom. The Balaban J connectivity index is 2.37. The summed E-state index contributed by atoms with van der Waals surface area (Å²) in [5.41, 5.74) is 4.76. The number of thiophene rings is 1. The van der Waals surface area contributed by atoms with E-state index >= 15 is 0 Å². The van der Waals surface area contributed by atoms with E-state index < -0.39 is 0 Å². The lowest BCUT2D eigenvalue weighted by molar-refractivity contribution is 0.644. The van der Waals surface area contributed by atoms with Crippen molar-refractivity contribution in [3.8, 4) is 0 Å². The van der Waals surface area contributed by atoms with Gasteiger partial charge in [-0.3, -0.25) is 10.8 Å². The molecule has 0 aliphatic heterocycles. The van der Waals surface area contributed by atoms with Gasteiger partial charge >= 0.3 is 0 Å². The van der Waals surface area contributed by atoms with Gasteiger partial charge in [0, 0.05) is 16.8 Å². The zero-order valence-electron chi connectivity index (χ0n) is 8.77. The molecule has 84 valence electrons. The quantitative estimate of drug-likeness (QED) is 0.653. The van der Waals surface area contributed by atoms with E-state index in [4.69, 9.17) is 17.4 Å². The molecule has 1 unspecified atom stereocenters. The van der Waals surface area contributed by atoms with Crippen molar-refractivity contribution in [3.05, 3.63) is 50.9 Å². The summed E-state index contributed by atoms with van der Waals surface area (Å²) < 4.78 is 0. The zero-order chi connectivity index (χ0) is 11.5. The van der Waals surface area contributed by atoms with Gasteiger partial charge in [-0.25, -0.2) is 5.43 Å². The molecule has 0 radical (unpaired) electrons. The van der Waals surface area contributed by atoms with E-state index in [1.807, 2.05) is 36.7 Å². The maximum atomic E-state index is 6.09. The van der Waals surface area contributed by atoms with Crippen LogP contribution in [0.25, 0.3) is 0 Å². The van der Waals surface area contributed by atoms with Gasteiger partial charge in [-0.15, -0.1) is 11.3 Å². The molecular formula is C11H12ClN3S. The summed E-state index contributed by atoms with van der Waals surface area (Å²) in [5, 5.41) is 2.68. The minimum atomic E-state index is -0.0967. The maximum absolute atomic E-state index is 6.09. The zero-order valence-corrected chi connectivity index (χ0v) is 10.3. The third-order valence-electron chi connectivity index (χ3n) is 2.34. The van der Waals surface area contributed by atoms with Crippen molar-refractivity contribution in [2.45, 2.75) is 13.0 Å². The lowest BCUT2D eigenvalue weighted by Crippen LogP contribution is -2.28. The Morgan fingerprint density at radius 2 is 2.25 bits per heavy atom. The number of hydrogen-bond acceptors (Lipinski definition) is 4. The number of nitrogens with zero attached hydrogens (tertiary/aromatic N) is 1. The van der Waals surface area contributed by atoms with E-state index in [2.05, 4.69) is 10.4 Å². The first-order chi connectivity index (χ1) is 7.72. The second-order valence-electron chi connectivity index (χ2n) is 3.47. The monoisotopic (exact) mass is 253 g/mol. The summed E-state index contributed by atoms with van der Waals surface area (Å²) in [7, 11) is 0. The van der Waals surface area contributed by atoms with E-state index in [0.29, 0.717) is 0 Å². The Morgan fingerprint density at radius 3 is 2.75 bits per heavy atom. The standard InChI is InChI=1S/C11H12ClN3S/c1-7-2-3-8(6-14-7)10(15-13)11-9(12)4-5-16-11/h2-6,10,15H,13H2,1H3.